The first-order chi connectivity index (χ1) is 13.9. The van der Waals surface area contributed by atoms with Crippen LogP contribution in [0.4, 0.5) is 0 Å². The minimum Gasteiger partial charge on any atom is -0.497 e. The number of carbonyl (C=O) groups is 2. The number of fused-ring (bicyclic) bond motifs is 1. The van der Waals surface area contributed by atoms with Crippen LogP contribution in [-0.4, -0.2) is 35.9 Å². The van der Waals surface area contributed by atoms with E-state index in [2.05, 4.69) is 18.8 Å². The van der Waals surface area contributed by atoms with Gasteiger partial charge in [-0.3, -0.25) is 9.59 Å². The molecule has 2 aromatic carbocycles. The van der Waals surface area contributed by atoms with E-state index in [1.165, 1.54) is 18.4 Å². The molecule has 0 saturated heterocycles. The zero-order valence-corrected chi connectivity index (χ0v) is 18.3. The molecular weight excluding hydrogens is 408 g/mol. The van der Waals surface area contributed by atoms with Crippen LogP contribution in [0.15, 0.2) is 52.4 Å². The maximum absolute atomic E-state index is 12.8. The number of ether oxygens (including phenoxy) is 2. The van der Waals surface area contributed by atoms with Gasteiger partial charge in [0.25, 0.3) is 5.91 Å². The minimum absolute atomic E-state index is 0.0296. The van der Waals surface area contributed by atoms with E-state index in [0.29, 0.717) is 21.4 Å². The van der Waals surface area contributed by atoms with Crippen molar-refractivity contribution in [3.8, 4) is 5.75 Å². The molecule has 0 spiro atoms. The number of hydrogen-bond acceptors (Lipinski definition) is 6. The summed E-state index contributed by atoms with van der Waals surface area (Å²) in [5.41, 5.74) is 1.30. The van der Waals surface area contributed by atoms with Gasteiger partial charge in [-0.25, -0.2) is 0 Å². The summed E-state index contributed by atoms with van der Waals surface area (Å²) in [7, 11) is 2.93. The average molecular weight is 431 g/mol. The normalized spacial score (nSPS) is 11.8. The van der Waals surface area contributed by atoms with Crippen LogP contribution in [0.2, 0.25) is 0 Å². The van der Waals surface area contributed by atoms with Crippen LogP contribution in [0.5, 0.6) is 5.75 Å². The smallest absolute Gasteiger partial charge is 0.325 e. The molecule has 0 unspecified atom stereocenters. The summed E-state index contributed by atoms with van der Waals surface area (Å²) in [4.78, 5) is 30.5. The van der Waals surface area contributed by atoms with E-state index in [1.54, 1.807) is 35.6 Å². The van der Waals surface area contributed by atoms with Gasteiger partial charge in [0.2, 0.25) is 0 Å². The number of amides is 1. The lowest BCUT2D eigenvalue weighted by Crippen LogP contribution is -2.22. The molecule has 0 radical (unpaired) electrons. The second-order valence-electron chi connectivity index (χ2n) is 6.49. The third-order valence-corrected chi connectivity index (χ3v) is 6.09. The van der Waals surface area contributed by atoms with E-state index in [1.807, 2.05) is 30.3 Å². The number of thiazole rings is 1. The van der Waals surface area contributed by atoms with Crippen LogP contribution in [0.3, 0.4) is 0 Å². The Labute approximate surface area is 177 Å². The first-order valence-corrected chi connectivity index (χ1v) is 10.7. The molecular formula is C21H22N2O4S2. The molecule has 0 aliphatic heterocycles. The molecule has 0 bridgehead atoms. The standard InChI is InChI=1S/C21H22N2O4S2/c1-13(2)28-16-7-5-6-14(10-16)20(25)22-21-23(12-19(24)27-4)17-9-8-15(26-3)11-18(17)29-21/h5-11,13H,12H2,1-4H3. The Morgan fingerprint density at radius 1 is 1.17 bits per heavy atom. The van der Waals surface area contributed by atoms with Gasteiger partial charge in [-0.15, -0.1) is 11.8 Å². The summed E-state index contributed by atoms with van der Waals surface area (Å²) in [5.74, 6) is -0.0710. The second-order valence-corrected chi connectivity index (χ2v) is 9.15. The number of hydrogen-bond donors (Lipinski definition) is 0. The van der Waals surface area contributed by atoms with Crippen molar-refractivity contribution >= 4 is 45.2 Å². The third-order valence-electron chi connectivity index (χ3n) is 4.05. The first-order valence-electron chi connectivity index (χ1n) is 9.01. The summed E-state index contributed by atoms with van der Waals surface area (Å²) in [6.07, 6.45) is 0. The van der Waals surface area contributed by atoms with Crippen molar-refractivity contribution in [2.24, 2.45) is 4.99 Å². The van der Waals surface area contributed by atoms with Gasteiger partial charge in [0, 0.05) is 15.7 Å². The number of esters is 1. The highest BCUT2D eigenvalue weighted by Gasteiger charge is 2.13. The fourth-order valence-electron chi connectivity index (χ4n) is 2.74. The average Bonchev–Trinajstić information content (AvgIpc) is 3.03. The molecule has 3 aromatic rings. The molecule has 6 nitrogen and oxygen atoms in total. The van der Waals surface area contributed by atoms with E-state index in [-0.39, 0.29) is 12.5 Å². The zero-order valence-electron chi connectivity index (χ0n) is 16.7. The quantitative estimate of drug-likeness (QED) is 0.434. The topological polar surface area (TPSA) is 69.9 Å². The van der Waals surface area contributed by atoms with Gasteiger partial charge in [0.1, 0.15) is 12.3 Å². The molecule has 0 aliphatic carbocycles. The molecule has 0 aliphatic rings. The van der Waals surface area contributed by atoms with Crippen LogP contribution >= 0.6 is 23.1 Å². The number of carbonyl (C=O) groups excluding carboxylic acids is 2. The highest BCUT2D eigenvalue weighted by molar-refractivity contribution is 7.99. The van der Waals surface area contributed by atoms with Gasteiger partial charge in [0.15, 0.2) is 4.80 Å². The fraction of sp³-hybridized carbons (Fsp3) is 0.286. The van der Waals surface area contributed by atoms with E-state index < -0.39 is 5.97 Å². The van der Waals surface area contributed by atoms with Gasteiger partial charge in [-0.1, -0.05) is 31.3 Å². The largest absolute Gasteiger partial charge is 0.497 e. The van der Waals surface area contributed by atoms with Crippen LogP contribution in [-0.2, 0) is 16.1 Å². The lowest BCUT2D eigenvalue weighted by molar-refractivity contribution is -0.141. The Kier molecular flexibility index (Phi) is 6.76. The molecule has 8 heteroatoms. The van der Waals surface area contributed by atoms with Crippen LogP contribution < -0.4 is 9.54 Å². The van der Waals surface area contributed by atoms with Crippen molar-refractivity contribution in [3.63, 3.8) is 0 Å². The Bertz CT molecular complexity index is 1120. The van der Waals surface area contributed by atoms with Gasteiger partial charge in [0.05, 0.1) is 24.4 Å². The highest BCUT2D eigenvalue weighted by atomic mass is 32.2. The van der Waals surface area contributed by atoms with Gasteiger partial charge in [-0.2, -0.15) is 4.99 Å². The molecule has 29 heavy (non-hydrogen) atoms. The Balaban J connectivity index is 2.07. The van der Waals surface area contributed by atoms with Gasteiger partial charge >= 0.3 is 5.97 Å². The Morgan fingerprint density at radius 2 is 1.97 bits per heavy atom. The second kappa shape index (κ2) is 9.28. The molecule has 0 N–H and O–H groups in total. The molecule has 1 amide bonds. The maximum atomic E-state index is 12.8. The Hall–Kier alpha value is -2.58. The molecule has 0 fully saturated rings. The van der Waals surface area contributed by atoms with Gasteiger partial charge < -0.3 is 14.0 Å². The SMILES string of the molecule is COC(=O)Cn1c(=NC(=O)c2cccc(SC(C)C)c2)sc2cc(OC)ccc21. The predicted molar refractivity (Wildman–Crippen MR) is 116 cm³/mol. The monoisotopic (exact) mass is 430 g/mol. The van der Waals surface area contributed by atoms with Crippen LogP contribution in [0, 0.1) is 0 Å². The number of methoxy groups -OCH3 is 2. The van der Waals surface area contributed by atoms with Crippen LogP contribution in [0.25, 0.3) is 10.2 Å². The zero-order chi connectivity index (χ0) is 21.0. The summed E-state index contributed by atoms with van der Waals surface area (Å²) < 4.78 is 12.6. The number of aromatic nitrogens is 1. The van der Waals surface area contributed by atoms with E-state index in [0.717, 1.165) is 15.1 Å². The first kappa shape index (κ1) is 21.1. The van der Waals surface area contributed by atoms with Crippen molar-refractivity contribution in [1.82, 2.24) is 4.57 Å². The molecule has 152 valence electrons. The molecule has 0 saturated carbocycles. The Morgan fingerprint density at radius 3 is 2.66 bits per heavy atom. The molecule has 1 aromatic heterocycles. The fourth-order valence-corrected chi connectivity index (χ4v) is 4.69. The molecule has 3 rings (SSSR count). The molecule has 1 heterocycles. The number of rotatable bonds is 6. The summed E-state index contributed by atoms with van der Waals surface area (Å²) >= 11 is 3.01. The summed E-state index contributed by atoms with van der Waals surface area (Å²) in [5, 5.41) is 0.414. The molecule has 0 atom stereocenters. The van der Waals surface area contributed by atoms with Crippen molar-refractivity contribution < 1.29 is 19.1 Å². The van der Waals surface area contributed by atoms with Crippen molar-refractivity contribution in [2.75, 3.05) is 14.2 Å². The predicted octanol–water partition coefficient (Wildman–Crippen LogP) is 4.13. The van der Waals surface area contributed by atoms with Crippen LogP contribution in [0.1, 0.15) is 24.2 Å². The minimum atomic E-state index is -0.412. The number of nitrogens with zero attached hydrogens (tertiary/aromatic N) is 2. The lowest BCUT2D eigenvalue weighted by atomic mass is 10.2. The van der Waals surface area contributed by atoms with Crippen molar-refractivity contribution in [2.45, 2.75) is 30.5 Å². The highest BCUT2D eigenvalue weighted by Crippen LogP contribution is 2.25. The number of thioether (sulfide) groups is 1. The van der Waals surface area contributed by atoms with E-state index in [9.17, 15) is 9.59 Å². The van der Waals surface area contributed by atoms with E-state index in [4.69, 9.17) is 9.47 Å². The lowest BCUT2D eigenvalue weighted by Gasteiger charge is -2.06. The maximum Gasteiger partial charge on any atom is 0.325 e. The number of benzene rings is 2. The van der Waals surface area contributed by atoms with Gasteiger partial charge in [-0.05, 0) is 36.4 Å². The summed E-state index contributed by atoms with van der Waals surface area (Å²) in [6, 6.07) is 12.9. The van der Waals surface area contributed by atoms with Crippen molar-refractivity contribution in [3.05, 3.63) is 52.8 Å². The van der Waals surface area contributed by atoms with Crippen molar-refractivity contribution in [1.29, 1.82) is 0 Å². The third kappa shape index (κ3) is 5.07. The summed E-state index contributed by atoms with van der Waals surface area (Å²) in [6.45, 7) is 4.17. The van der Waals surface area contributed by atoms with E-state index >= 15 is 0 Å².